The van der Waals surface area contributed by atoms with E-state index in [1.807, 2.05) is 0 Å². The van der Waals surface area contributed by atoms with Gasteiger partial charge in [-0.05, 0) is 38.6 Å². The first-order valence-corrected chi connectivity index (χ1v) is 9.50. The molecule has 1 heterocycles. The van der Waals surface area contributed by atoms with Crippen molar-refractivity contribution in [1.82, 2.24) is 20.9 Å². The number of Topliss-reactive ketones (excluding diaryl/α,β-unsaturated/α-hetero) is 1. The van der Waals surface area contributed by atoms with Crippen LogP contribution in [0.1, 0.15) is 44.9 Å². The maximum absolute atomic E-state index is 12.8. The Morgan fingerprint density at radius 3 is 2.31 bits per heavy atom. The SMILES string of the molecule is CNCC(=O)N1CCCC1C(=O)NC(C(=O)C(=O)NC)C1CCCCC1. The third-order valence-electron chi connectivity index (χ3n) is 5.36. The van der Waals surface area contributed by atoms with Crippen molar-refractivity contribution in [2.45, 2.75) is 57.0 Å². The molecule has 1 saturated carbocycles. The summed E-state index contributed by atoms with van der Waals surface area (Å²) >= 11 is 0. The molecule has 2 aliphatic rings. The lowest BCUT2D eigenvalue weighted by molar-refractivity contribution is -0.142. The summed E-state index contributed by atoms with van der Waals surface area (Å²) in [6.45, 7) is 0.711. The molecule has 3 N–H and O–H groups in total. The number of carbonyl (C=O) groups excluding carboxylic acids is 4. The van der Waals surface area contributed by atoms with Crippen molar-refractivity contribution in [2.75, 3.05) is 27.2 Å². The predicted octanol–water partition coefficient (Wildman–Crippen LogP) is -0.423. The fraction of sp³-hybridized carbons (Fsp3) is 0.778. The lowest BCUT2D eigenvalue weighted by Gasteiger charge is -2.31. The second-order valence-corrected chi connectivity index (χ2v) is 7.10. The summed E-state index contributed by atoms with van der Waals surface area (Å²) in [6.07, 6.45) is 6.07. The minimum absolute atomic E-state index is 0.0274. The first-order chi connectivity index (χ1) is 12.5. The van der Waals surface area contributed by atoms with Crippen LogP contribution in [0.5, 0.6) is 0 Å². The normalized spacial score (nSPS) is 21.9. The highest BCUT2D eigenvalue weighted by Crippen LogP contribution is 2.27. The predicted molar refractivity (Wildman–Crippen MR) is 96.2 cm³/mol. The van der Waals surface area contributed by atoms with Crippen molar-refractivity contribution in [3.63, 3.8) is 0 Å². The summed E-state index contributed by atoms with van der Waals surface area (Å²) in [7, 11) is 3.10. The first kappa shape index (κ1) is 20.4. The Morgan fingerprint density at radius 2 is 1.69 bits per heavy atom. The molecule has 1 aliphatic heterocycles. The van der Waals surface area contributed by atoms with Crippen LogP contribution in [0.4, 0.5) is 0 Å². The molecule has 3 amide bonds. The smallest absolute Gasteiger partial charge is 0.289 e. The van der Waals surface area contributed by atoms with Gasteiger partial charge >= 0.3 is 0 Å². The quantitative estimate of drug-likeness (QED) is 0.530. The van der Waals surface area contributed by atoms with Gasteiger partial charge in [0.25, 0.3) is 5.91 Å². The molecule has 2 atom stereocenters. The number of likely N-dealkylation sites (N-methyl/N-ethyl adjacent to an activating group) is 2. The van der Waals surface area contributed by atoms with Crippen LogP contribution in [0, 0.1) is 5.92 Å². The number of likely N-dealkylation sites (tertiary alicyclic amines) is 1. The number of hydrogen-bond acceptors (Lipinski definition) is 5. The highest BCUT2D eigenvalue weighted by Gasteiger charge is 2.39. The van der Waals surface area contributed by atoms with Crippen molar-refractivity contribution in [3.05, 3.63) is 0 Å². The van der Waals surface area contributed by atoms with Gasteiger partial charge in [0.15, 0.2) is 0 Å². The third-order valence-corrected chi connectivity index (χ3v) is 5.36. The zero-order valence-corrected chi connectivity index (χ0v) is 15.7. The van der Waals surface area contributed by atoms with Gasteiger partial charge in [-0.2, -0.15) is 0 Å². The van der Waals surface area contributed by atoms with E-state index in [-0.39, 0.29) is 24.3 Å². The van der Waals surface area contributed by atoms with E-state index < -0.39 is 23.8 Å². The van der Waals surface area contributed by atoms with E-state index in [0.29, 0.717) is 13.0 Å². The van der Waals surface area contributed by atoms with E-state index in [0.717, 1.165) is 38.5 Å². The van der Waals surface area contributed by atoms with Crippen molar-refractivity contribution in [1.29, 1.82) is 0 Å². The van der Waals surface area contributed by atoms with E-state index >= 15 is 0 Å². The Bertz CT molecular complexity index is 545. The molecule has 0 radical (unpaired) electrons. The van der Waals surface area contributed by atoms with E-state index in [9.17, 15) is 19.2 Å². The van der Waals surface area contributed by atoms with Gasteiger partial charge in [0.2, 0.25) is 17.6 Å². The summed E-state index contributed by atoms with van der Waals surface area (Å²) in [5, 5.41) is 7.97. The van der Waals surface area contributed by atoms with Gasteiger partial charge in [0.05, 0.1) is 6.54 Å². The molecule has 0 spiro atoms. The van der Waals surface area contributed by atoms with Crippen molar-refractivity contribution in [3.8, 4) is 0 Å². The molecule has 0 aromatic carbocycles. The second-order valence-electron chi connectivity index (χ2n) is 7.10. The van der Waals surface area contributed by atoms with E-state index in [4.69, 9.17) is 0 Å². The molecule has 0 aromatic rings. The minimum Gasteiger partial charge on any atom is -0.353 e. The first-order valence-electron chi connectivity index (χ1n) is 9.50. The standard InChI is InChI=1S/C18H30N4O4/c1-19-11-14(23)22-10-6-9-13(22)17(25)21-15(16(24)18(26)20-2)12-7-4-3-5-8-12/h12-13,15,19H,3-11H2,1-2H3,(H,20,26)(H,21,25). The van der Waals surface area contributed by atoms with Crippen molar-refractivity contribution in [2.24, 2.45) is 5.92 Å². The second kappa shape index (κ2) is 9.66. The van der Waals surface area contributed by atoms with Crippen LogP contribution in [-0.2, 0) is 19.2 Å². The molecule has 1 aliphatic carbocycles. The van der Waals surface area contributed by atoms with Crippen LogP contribution in [0.15, 0.2) is 0 Å². The Kier molecular flexibility index (Phi) is 7.56. The molecular weight excluding hydrogens is 336 g/mol. The van der Waals surface area contributed by atoms with Gasteiger partial charge in [0, 0.05) is 13.6 Å². The maximum atomic E-state index is 12.8. The number of nitrogens with zero attached hydrogens (tertiary/aromatic N) is 1. The molecule has 8 nitrogen and oxygen atoms in total. The van der Waals surface area contributed by atoms with Crippen LogP contribution in [-0.4, -0.2) is 67.7 Å². The molecule has 1 saturated heterocycles. The fourth-order valence-electron chi connectivity index (χ4n) is 3.97. The van der Waals surface area contributed by atoms with Gasteiger partial charge < -0.3 is 20.9 Å². The van der Waals surface area contributed by atoms with E-state index in [1.54, 1.807) is 11.9 Å². The summed E-state index contributed by atoms with van der Waals surface area (Å²) in [5.74, 6) is -1.77. The Labute approximate surface area is 154 Å². The maximum Gasteiger partial charge on any atom is 0.289 e. The molecule has 2 rings (SSSR count). The van der Waals surface area contributed by atoms with Crippen LogP contribution in [0.2, 0.25) is 0 Å². The highest BCUT2D eigenvalue weighted by molar-refractivity contribution is 6.38. The van der Waals surface area contributed by atoms with Crippen molar-refractivity contribution >= 4 is 23.5 Å². The number of nitrogens with one attached hydrogen (secondary N) is 3. The average Bonchev–Trinajstić information content (AvgIpc) is 3.15. The van der Waals surface area contributed by atoms with E-state index in [2.05, 4.69) is 16.0 Å². The van der Waals surface area contributed by atoms with Gasteiger partial charge in [-0.1, -0.05) is 19.3 Å². The van der Waals surface area contributed by atoms with Gasteiger partial charge in [-0.3, -0.25) is 19.2 Å². The summed E-state index contributed by atoms with van der Waals surface area (Å²) in [4.78, 5) is 51.0. The molecule has 8 heteroatoms. The van der Waals surface area contributed by atoms with Gasteiger partial charge in [-0.15, -0.1) is 0 Å². The molecule has 0 aromatic heterocycles. The number of carbonyl (C=O) groups is 4. The number of ketones is 1. The highest BCUT2D eigenvalue weighted by atomic mass is 16.2. The fourth-order valence-corrected chi connectivity index (χ4v) is 3.97. The van der Waals surface area contributed by atoms with Gasteiger partial charge in [0.1, 0.15) is 12.1 Å². The lowest BCUT2D eigenvalue weighted by atomic mass is 9.82. The zero-order valence-electron chi connectivity index (χ0n) is 15.7. The molecule has 26 heavy (non-hydrogen) atoms. The van der Waals surface area contributed by atoms with E-state index in [1.165, 1.54) is 7.05 Å². The molecular formula is C18H30N4O4. The van der Waals surface area contributed by atoms with Crippen LogP contribution in [0.3, 0.4) is 0 Å². The molecule has 0 bridgehead atoms. The number of amides is 3. The summed E-state index contributed by atoms with van der Waals surface area (Å²) in [5.41, 5.74) is 0. The average molecular weight is 366 g/mol. The zero-order chi connectivity index (χ0) is 19.1. The topological polar surface area (TPSA) is 108 Å². The molecule has 2 unspecified atom stereocenters. The van der Waals surface area contributed by atoms with Gasteiger partial charge in [-0.25, -0.2) is 0 Å². The minimum atomic E-state index is -0.815. The summed E-state index contributed by atoms with van der Waals surface area (Å²) < 4.78 is 0. The van der Waals surface area contributed by atoms with Crippen LogP contribution >= 0.6 is 0 Å². The molecule has 146 valence electrons. The van der Waals surface area contributed by atoms with Crippen LogP contribution in [0.25, 0.3) is 0 Å². The number of rotatable bonds is 7. The largest absolute Gasteiger partial charge is 0.353 e. The monoisotopic (exact) mass is 366 g/mol. The van der Waals surface area contributed by atoms with Crippen LogP contribution < -0.4 is 16.0 Å². The molecule has 2 fully saturated rings. The Hall–Kier alpha value is -1.96. The Balaban J connectivity index is 2.10. The number of hydrogen-bond donors (Lipinski definition) is 3. The third kappa shape index (κ3) is 4.81. The Morgan fingerprint density at radius 1 is 1.00 bits per heavy atom. The van der Waals surface area contributed by atoms with Crippen molar-refractivity contribution < 1.29 is 19.2 Å². The summed E-state index contributed by atoms with van der Waals surface area (Å²) in [6, 6.07) is -1.39. The lowest BCUT2D eigenvalue weighted by Crippen LogP contribution is -2.56.